The quantitative estimate of drug-likeness (QED) is 0.872. The van der Waals surface area contributed by atoms with E-state index < -0.39 is 13.0 Å². The first-order chi connectivity index (χ1) is 9.24. The maximum atomic E-state index is 12.0. The summed E-state index contributed by atoms with van der Waals surface area (Å²) in [6.07, 6.45) is 0.837. The Kier molecular flexibility index (Phi) is 4.60. The van der Waals surface area contributed by atoms with Gasteiger partial charge in [0.2, 0.25) is 5.95 Å². The van der Waals surface area contributed by atoms with Gasteiger partial charge in [-0.25, -0.2) is 18.7 Å². The molecule has 0 saturated heterocycles. The third kappa shape index (κ3) is 4.50. The molecule has 19 heavy (non-hydrogen) atoms. The van der Waals surface area contributed by atoms with E-state index in [2.05, 4.69) is 15.3 Å². The van der Waals surface area contributed by atoms with E-state index in [-0.39, 0.29) is 0 Å². The summed E-state index contributed by atoms with van der Waals surface area (Å²) in [5.74, 6) is 0.973. The van der Waals surface area contributed by atoms with Crippen LogP contribution in [0.3, 0.4) is 0 Å². The topological polar surface area (TPSA) is 47.0 Å². The van der Waals surface area contributed by atoms with Crippen LogP contribution in [0.5, 0.6) is 5.75 Å². The van der Waals surface area contributed by atoms with Crippen LogP contribution in [0.15, 0.2) is 42.7 Å². The molecule has 0 radical (unpaired) electrons. The van der Waals surface area contributed by atoms with Crippen LogP contribution in [0.4, 0.5) is 14.7 Å². The molecule has 0 unspecified atom stereocenters. The van der Waals surface area contributed by atoms with Gasteiger partial charge in [-0.15, -0.1) is 0 Å². The first-order valence-electron chi connectivity index (χ1n) is 5.75. The number of halogens is 2. The predicted molar refractivity (Wildman–Crippen MR) is 67.3 cm³/mol. The second-order valence-corrected chi connectivity index (χ2v) is 3.77. The number of alkyl halides is 2. The summed E-state index contributed by atoms with van der Waals surface area (Å²) in [6.45, 7) is -0.0331. The van der Waals surface area contributed by atoms with Crippen LogP contribution in [0.1, 0.15) is 5.56 Å². The minimum atomic E-state index is -2.46. The summed E-state index contributed by atoms with van der Waals surface area (Å²) in [6, 6.07) is 8.66. The Morgan fingerprint density at radius 3 is 2.42 bits per heavy atom. The van der Waals surface area contributed by atoms with Gasteiger partial charge in [0.1, 0.15) is 12.4 Å². The number of hydrogen-bond acceptors (Lipinski definition) is 4. The number of nitrogens with zero attached hydrogens (tertiary/aromatic N) is 2. The number of benzene rings is 1. The number of rotatable bonds is 6. The van der Waals surface area contributed by atoms with E-state index >= 15 is 0 Å². The van der Waals surface area contributed by atoms with Gasteiger partial charge in [0.25, 0.3) is 6.43 Å². The van der Waals surface area contributed by atoms with E-state index in [1.54, 1.807) is 42.7 Å². The number of ether oxygens (including phenoxy) is 1. The second kappa shape index (κ2) is 6.63. The van der Waals surface area contributed by atoms with Gasteiger partial charge in [-0.2, -0.15) is 0 Å². The zero-order chi connectivity index (χ0) is 13.5. The summed E-state index contributed by atoms with van der Waals surface area (Å²) in [5.41, 5.74) is 0.983. The molecule has 0 spiro atoms. The zero-order valence-corrected chi connectivity index (χ0v) is 10.1. The second-order valence-electron chi connectivity index (χ2n) is 3.77. The third-order valence-corrected chi connectivity index (χ3v) is 2.32. The summed E-state index contributed by atoms with van der Waals surface area (Å²) in [5, 5.41) is 3.05. The van der Waals surface area contributed by atoms with Gasteiger partial charge in [0, 0.05) is 18.9 Å². The molecule has 0 saturated carbocycles. The highest BCUT2D eigenvalue weighted by Gasteiger charge is 2.03. The van der Waals surface area contributed by atoms with Crippen molar-refractivity contribution in [3.05, 3.63) is 48.3 Å². The summed E-state index contributed by atoms with van der Waals surface area (Å²) in [7, 11) is 0. The van der Waals surface area contributed by atoms with Crippen molar-refractivity contribution in [3.63, 3.8) is 0 Å². The molecule has 0 bridgehead atoms. The molecule has 1 aromatic heterocycles. The van der Waals surface area contributed by atoms with Crippen LogP contribution in [0.2, 0.25) is 0 Å². The lowest BCUT2D eigenvalue weighted by Gasteiger charge is -2.07. The molecule has 4 nitrogen and oxygen atoms in total. The first kappa shape index (κ1) is 13.2. The van der Waals surface area contributed by atoms with Crippen molar-refractivity contribution in [1.82, 2.24) is 9.97 Å². The molecule has 0 amide bonds. The van der Waals surface area contributed by atoms with Crippen molar-refractivity contribution >= 4 is 5.95 Å². The first-order valence-corrected chi connectivity index (χ1v) is 5.75. The van der Waals surface area contributed by atoms with Crippen molar-refractivity contribution in [2.45, 2.75) is 13.0 Å². The van der Waals surface area contributed by atoms with E-state index in [0.29, 0.717) is 18.2 Å². The molecule has 1 N–H and O–H groups in total. The third-order valence-electron chi connectivity index (χ3n) is 2.32. The maximum absolute atomic E-state index is 12.0. The van der Waals surface area contributed by atoms with Crippen molar-refractivity contribution in [1.29, 1.82) is 0 Å². The fraction of sp³-hybridized carbons (Fsp3) is 0.231. The summed E-state index contributed by atoms with van der Waals surface area (Å²) < 4.78 is 28.8. The molecule has 0 aliphatic carbocycles. The molecule has 1 heterocycles. The molecule has 0 atom stereocenters. The Morgan fingerprint density at radius 1 is 1.11 bits per heavy atom. The van der Waals surface area contributed by atoms with Crippen LogP contribution in [-0.2, 0) is 6.54 Å². The molecule has 2 rings (SSSR count). The molecular formula is C13H13F2N3O. The molecule has 0 aliphatic rings. The molecule has 100 valence electrons. The van der Waals surface area contributed by atoms with Gasteiger partial charge < -0.3 is 10.1 Å². The molecular weight excluding hydrogens is 252 g/mol. The van der Waals surface area contributed by atoms with Crippen molar-refractivity contribution in [2.24, 2.45) is 0 Å². The van der Waals surface area contributed by atoms with Crippen LogP contribution >= 0.6 is 0 Å². The SMILES string of the molecule is FC(F)COc1ccc(CNc2ncccn2)cc1. The number of anilines is 1. The van der Waals surface area contributed by atoms with E-state index in [1.165, 1.54) is 0 Å². The fourth-order valence-corrected chi connectivity index (χ4v) is 1.43. The lowest BCUT2D eigenvalue weighted by Crippen LogP contribution is -2.07. The van der Waals surface area contributed by atoms with Crippen LogP contribution in [-0.4, -0.2) is 23.0 Å². The summed E-state index contributed by atoms with van der Waals surface area (Å²) in [4.78, 5) is 8.06. The Labute approximate surface area is 109 Å². The summed E-state index contributed by atoms with van der Waals surface area (Å²) >= 11 is 0. The van der Waals surface area contributed by atoms with Crippen LogP contribution in [0, 0.1) is 0 Å². The fourth-order valence-electron chi connectivity index (χ4n) is 1.43. The number of nitrogens with one attached hydrogen (secondary N) is 1. The van der Waals surface area contributed by atoms with Crippen molar-refractivity contribution in [2.75, 3.05) is 11.9 Å². The Hall–Kier alpha value is -2.24. The number of aromatic nitrogens is 2. The molecule has 0 fully saturated rings. The zero-order valence-electron chi connectivity index (χ0n) is 10.1. The molecule has 6 heteroatoms. The Bertz CT molecular complexity index is 491. The van der Waals surface area contributed by atoms with Gasteiger partial charge in [-0.1, -0.05) is 12.1 Å². The van der Waals surface area contributed by atoms with Crippen molar-refractivity contribution < 1.29 is 13.5 Å². The van der Waals surface area contributed by atoms with E-state index in [9.17, 15) is 8.78 Å². The monoisotopic (exact) mass is 265 g/mol. The van der Waals surface area contributed by atoms with E-state index in [1.807, 2.05) is 0 Å². The van der Waals surface area contributed by atoms with Gasteiger partial charge >= 0.3 is 0 Å². The van der Waals surface area contributed by atoms with E-state index in [4.69, 9.17) is 4.74 Å². The average molecular weight is 265 g/mol. The van der Waals surface area contributed by atoms with Gasteiger partial charge in [0.05, 0.1) is 0 Å². The average Bonchev–Trinajstić information content (AvgIpc) is 2.45. The predicted octanol–water partition coefficient (Wildman–Crippen LogP) is 2.73. The lowest BCUT2D eigenvalue weighted by atomic mass is 10.2. The molecule has 0 aliphatic heterocycles. The largest absolute Gasteiger partial charge is 0.488 e. The molecule has 2 aromatic rings. The van der Waals surface area contributed by atoms with Gasteiger partial charge in [-0.05, 0) is 23.8 Å². The molecule has 1 aromatic carbocycles. The minimum Gasteiger partial charge on any atom is -0.488 e. The van der Waals surface area contributed by atoms with Crippen molar-refractivity contribution in [3.8, 4) is 5.75 Å². The van der Waals surface area contributed by atoms with Crippen LogP contribution < -0.4 is 10.1 Å². The van der Waals surface area contributed by atoms with Gasteiger partial charge in [-0.3, -0.25) is 0 Å². The highest BCUT2D eigenvalue weighted by atomic mass is 19.3. The standard InChI is InChI=1S/C13H13F2N3O/c14-12(15)9-19-11-4-2-10(3-5-11)8-18-13-16-6-1-7-17-13/h1-7,12H,8-9H2,(H,16,17,18). The normalized spacial score (nSPS) is 10.5. The van der Waals surface area contributed by atoms with Gasteiger partial charge in [0.15, 0.2) is 0 Å². The lowest BCUT2D eigenvalue weighted by molar-refractivity contribution is 0.0819. The van der Waals surface area contributed by atoms with Crippen LogP contribution in [0.25, 0.3) is 0 Å². The Morgan fingerprint density at radius 2 is 1.79 bits per heavy atom. The maximum Gasteiger partial charge on any atom is 0.272 e. The highest BCUT2D eigenvalue weighted by Crippen LogP contribution is 2.13. The highest BCUT2D eigenvalue weighted by molar-refractivity contribution is 5.31. The minimum absolute atomic E-state index is 0.431. The van der Waals surface area contributed by atoms with E-state index in [0.717, 1.165) is 5.56 Å². The smallest absolute Gasteiger partial charge is 0.272 e. The number of hydrogen-bond donors (Lipinski definition) is 1. The Balaban J connectivity index is 1.85.